The minimum Gasteiger partial charge on any atom is -0.348 e. The van der Waals surface area contributed by atoms with E-state index in [2.05, 4.69) is 22.4 Å². The molecule has 2 heterocycles. The Morgan fingerprint density at radius 2 is 1.70 bits per heavy atom. The fraction of sp³-hybridized carbons (Fsp3) is 0.240. The van der Waals surface area contributed by atoms with Crippen LogP contribution in [0.1, 0.15) is 34.3 Å². The number of carbonyl (C=O) groups is 2. The molecule has 3 aromatic rings. The van der Waals surface area contributed by atoms with Crippen molar-refractivity contribution in [2.75, 3.05) is 11.4 Å². The highest BCUT2D eigenvalue weighted by molar-refractivity contribution is 5.98. The predicted molar refractivity (Wildman–Crippen MR) is 117 cm³/mol. The molecule has 0 saturated carbocycles. The summed E-state index contributed by atoms with van der Waals surface area (Å²) in [4.78, 5) is 31.8. The maximum absolute atomic E-state index is 13.1. The molecule has 1 fully saturated rings. The van der Waals surface area contributed by atoms with Crippen LogP contribution in [0, 0.1) is 5.92 Å². The van der Waals surface area contributed by atoms with Crippen LogP contribution in [-0.4, -0.2) is 23.3 Å². The van der Waals surface area contributed by atoms with E-state index in [0.29, 0.717) is 24.5 Å². The van der Waals surface area contributed by atoms with Crippen LogP contribution in [0.5, 0.6) is 0 Å². The van der Waals surface area contributed by atoms with Gasteiger partial charge < -0.3 is 5.32 Å². The number of piperidine rings is 1. The molecular formula is C25H25N3O2. The van der Waals surface area contributed by atoms with Gasteiger partial charge in [0.2, 0.25) is 5.91 Å². The summed E-state index contributed by atoms with van der Waals surface area (Å²) in [6.45, 7) is 1.09. The van der Waals surface area contributed by atoms with Gasteiger partial charge in [-0.3, -0.25) is 14.5 Å². The number of carbonyl (C=O) groups excluding carboxylic acids is 2. The van der Waals surface area contributed by atoms with Gasteiger partial charge in [0.15, 0.2) is 0 Å². The molecule has 152 valence electrons. The zero-order chi connectivity index (χ0) is 20.8. The average molecular weight is 399 g/mol. The number of amides is 2. The van der Waals surface area contributed by atoms with Crippen molar-refractivity contribution in [2.45, 2.75) is 25.8 Å². The second-order valence-electron chi connectivity index (χ2n) is 7.59. The summed E-state index contributed by atoms with van der Waals surface area (Å²) in [5.41, 5.74) is 2.71. The largest absolute Gasteiger partial charge is 0.348 e. The van der Waals surface area contributed by atoms with Crippen LogP contribution < -0.4 is 10.2 Å². The van der Waals surface area contributed by atoms with E-state index in [9.17, 15) is 9.59 Å². The van der Waals surface area contributed by atoms with E-state index in [4.69, 9.17) is 0 Å². The molecule has 2 amide bonds. The number of nitrogens with one attached hydrogen (secondary N) is 1. The van der Waals surface area contributed by atoms with Crippen LogP contribution in [0.25, 0.3) is 0 Å². The lowest BCUT2D eigenvalue weighted by Gasteiger charge is -2.31. The third-order valence-electron chi connectivity index (χ3n) is 5.45. The van der Waals surface area contributed by atoms with Gasteiger partial charge in [0.05, 0.1) is 0 Å². The second-order valence-corrected chi connectivity index (χ2v) is 7.59. The van der Waals surface area contributed by atoms with Crippen LogP contribution in [0.4, 0.5) is 5.82 Å². The van der Waals surface area contributed by atoms with Crippen molar-refractivity contribution >= 4 is 17.6 Å². The Bertz CT molecular complexity index is 1010. The Balaban J connectivity index is 1.44. The van der Waals surface area contributed by atoms with Gasteiger partial charge in [-0.05, 0) is 42.5 Å². The highest BCUT2D eigenvalue weighted by Gasteiger charge is 2.30. The van der Waals surface area contributed by atoms with Crippen molar-refractivity contribution in [3.63, 3.8) is 0 Å². The summed E-state index contributed by atoms with van der Waals surface area (Å²) < 4.78 is 0. The first kappa shape index (κ1) is 19.8. The molecule has 5 nitrogen and oxygen atoms in total. The summed E-state index contributed by atoms with van der Waals surface area (Å²) in [6, 6.07) is 23.3. The van der Waals surface area contributed by atoms with Crippen molar-refractivity contribution in [3.05, 3.63) is 95.7 Å². The van der Waals surface area contributed by atoms with Crippen LogP contribution in [0.2, 0.25) is 0 Å². The predicted octanol–water partition coefficient (Wildman–Crippen LogP) is 4.00. The number of benzene rings is 2. The number of hydrogen-bond acceptors (Lipinski definition) is 3. The first-order valence-corrected chi connectivity index (χ1v) is 10.3. The maximum atomic E-state index is 13.1. The molecular weight excluding hydrogens is 374 g/mol. The van der Waals surface area contributed by atoms with Crippen molar-refractivity contribution in [1.82, 2.24) is 10.3 Å². The fourth-order valence-electron chi connectivity index (χ4n) is 3.85. The van der Waals surface area contributed by atoms with Crippen molar-refractivity contribution in [1.29, 1.82) is 0 Å². The lowest BCUT2D eigenvalue weighted by Crippen LogP contribution is -2.42. The highest BCUT2D eigenvalue weighted by atomic mass is 16.2. The Morgan fingerprint density at radius 1 is 1.00 bits per heavy atom. The van der Waals surface area contributed by atoms with Crippen molar-refractivity contribution < 1.29 is 9.59 Å². The molecule has 0 aliphatic carbocycles. The molecule has 5 heteroatoms. The zero-order valence-electron chi connectivity index (χ0n) is 16.8. The molecule has 30 heavy (non-hydrogen) atoms. The quantitative estimate of drug-likeness (QED) is 0.682. The monoisotopic (exact) mass is 399 g/mol. The number of pyridine rings is 1. The second kappa shape index (κ2) is 9.35. The molecule has 1 unspecified atom stereocenters. The number of aromatic nitrogens is 1. The average Bonchev–Trinajstić information content (AvgIpc) is 2.80. The summed E-state index contributed by atoms with van der Waals surface area (Å²) in [7, 11) is 0. The van der Waals surface area contributed by atoms with Gasteiger partial charge in [-0.15, -0.1) is 0 Å². The topological polar surface area (TPSA) is 62.3 Å². The number of rotatable bonds is 6. The van der Waals surface area contributed by atoms with Gasteiger partial charge in [0, 0.05) is 30.8 Å². The number of hydrogen-bond donors (Lipinski definition) is 1. The van der Waals surface area contributed by atoms with Crippen molar-refractivity contribution in [2.24, 2.45) is 5.92 Å². The Labute approximate surface area is 176 Å². The minimum atomic E-state index is -0.173. The minimum absolute atomic E-state index is 0.0569. The fourth-order valence-corrected chi connectivity index (χ4v) is 3.85. The smallest absolute Gasteiger partial charge is 0.251 e. The van der Waals surface area contributed by atoms with Gasteiger partial charge >= 0.3 is 0 Å². The third-order valence-corrected chi connectivity index (χ3v) is 5.45. The molecule has 1 aromatic heterocycles. The number of nitrogens with zero attached hydrogens (tertiary/aromatic N) is 2. The number of anilines is 1. The Hall–Kier alpha value is -3.47. The van der Waals surface area contributed by atoms with Gasteiger partial charge in [-0.2, -0.15) is 0 Å². The molecule has 0 radical (unpaired) electrons. The Morgan fingerprint density at radius 3 is 2.43 bits per heavy atom. The van der Waals surface area contributed by atoms with Crippen molar-refractivity contribution in [3.8, 4) is 0 Å². The summed E-state index contributed by atoms with van der Waals surface area (Å²) >= 11 is 0. The normalized spacial score (nSPS) is 16.3. The van der Waals surface area contributed by atoms with Gasteiger partial charge in [0.1, 0.15) is 5.82 Å². The van der Waals surface area contributed by atoms with Crippen LogP contribution in [0.3, 0.4) is 0 Å². The van der Waals surface area contributed by atoms with Crippen LogP contribution in [-0.2, 0) is 17.8 Å². The van der Waals surface area contributed by atoms with Gasteiger partial charge in [-0.1, -0.05) is 60.7 Å². The highest BCUT2D eigenvalue weighted by Crippen LogP contribution is 2.26. The summed E-state index contributed by atoms with van der Waals surface area (Å²) in [6.07, 6.45) is 4.13. The lowest BCUT2D eigenvalue weighted by molar-refractivity contribution is -0.123. The third kappa shape index (κ3) is 4.74. The summed E-state index contributed by atoms with van der Waals surface area (Å²) in [5.74, 6) is 0.399. The Kier molecular flexibility index (Phi) is 6.18. The zero-order valence-corrected chi connectivity index (χ0v) is 16.8. The van der Waals surface area contributed by atoms with Crippen LogP contribution >= 0.6 is 0 Å². The molecule has 1 atom stereocenters. The van der Waals surface area contributed by atoms with E-state index in [1.807, 2.05) is 48.5 Å². The molecule has 1 saturated heterocycles. The molecule has 0 bridgehead atoms. The molecule has 0 spiro atoms. The van der Waals surface area contributed by atoms with E-state index in [1.165, 1.54) is 5.56 Å². The standard InChI is InChI=1S/C25H25N3O2/c29-24(27-18-20-10-5-2-6-11-20)21-13-14-26-23(17-21)28-15-7-12-22(25(28)30)16-19-8-3-1-4-9-19/h1-6,8-11,13-14,17,22H,7,12,15-16,18H2,(H,27,29). The first-order valence-electron chi connectivity index (χ1n) is 10.3. The van der Waals surface area contributed by atoms with Gasteiger partial charge in [-0.25, -0.2) is 4.98 Å². The SMILES string of the molecule is O=C(NCc1ccccc1)c1ccnc(N2CCCC(Cc3ccccc3)C2=O)c1. The first-order chi connectivity index (χ1) is 14.7. The molecule has 1 aliphatic heterocycles. The molecule has 2 aromatic carbocycles. The van der Waals surface area contributed by atoms with E-state index < -0.39 is 0 Å². The maximum Gasteiger partial charge on any atom is 0.251 e. The molecule has 1 N–H and O–H groups in total. The molecule has 1 aliphatic rings. The lowest BCUT2D eigenvalue weighted by atomic mass is 9.90. The van der Waals surface area contributed by atoms with E-state index in [-0.39, 0.29) is 17.7 Å². The van der Waals surface area contributed by atoms with Crippen LogP contribution in [0.15, 0.2) is 79.0 Å². The van der Waals surface area contributed by atoms with E-state index in [0.717, 1.165) is 24.8 Å². The van der Waals surface area contributed by atoms with E-state index >= 15 is 0 Å². The molecule has 4 rings (SSSR count). The summed E-state index contributed by atoms with van der Waals surface area (Å²) in [5, 5.41) is 2.93. The van der Waals surface area contributed by atoms with Gasteiger partial charge in [0.25, 0.3) is 5.91 Å². The van der Waals surface area contributed by atoms with E-state index in [1.54, 1.807) is 23.2 Å².